The Morgan fingerprint density at radius 2 is 1.84 bits per heavy atom. The van der Waals surface area contributed by atoms with Gasteiger partial charge in [0.2, 0.25) is 0 Å². The number of carbonyl (C=O) groups is 1. The first-order valence-electron chi connectivity index (χ1n) is 6.99. The van der Waals surface area contributed by atoms with Crippen LogP contribution in [-0.4, -0.2) is 29.6 Å². The minimum Gasteiger partial charge on any atom is -0.297 e. The van der Waals surface area contributed by atoms with Gasteiger partial charge in [-0.15, -0.1) is 0 Å². The second kappa shape index (κ2) is 8.03. The first-order valence-corrected chi connectivity index (χ1v) is 7.76. The van der Waals surface area contributed by atoms with Crippen molar-refractivity contribution in [3.63, 3.8) is 0 Å². The fourth-order valence-corrected chi connectivity index (χ4v) is 2.32. The van der Waals surface area contributed by atoms with Crippen LogP contribution >= 0.6 is 11.9 Å². The van der Waals surface area contributed by atoms with Gasteiger partial charge in [0.05, 0.1) is 5.56 Å². The van der Waals surface area contributed by atoms with E-state index in [1.165, 1.54) is 40.0 Å². The van der Waals surface area contributed by atoms with Crippen LogP contribution in [0.2, 0.25) is 0 Å². The summed E-state index contributed by atoms with van der Waals surface area (Å²) in [6.45, 7) is 4.44. The summed E-state index contributed by atoms with van der Waals surface area (Å²) in [5.74, 6) is 0. The first-order chi connectivity index (χ1) is 11.3. The highest BCUT2D eigenvalue weighted by Crippen LogP contribution is 2.32. The summed E-state index contributed by atoms with van der Waals surface area (Å²) in [5.41, 5.74) is -2.50. The van der Waals surface area contributed by atoms with Gasteiger partial charge < -0.3 is 0 Å². The highest BCUT2D eigenvalue weighted by molar-refractivity contribution is 7.97. The molecule has 0 spiro atoms. The third-order valence-electron chi connectivity index (χ3n) is 2.86. The van der Waals surface area contributed by atoms with Crippen LogP contribution in [0.3, 0.4) is 0 Å². The number of hydrogen-bond donors (Lipinski definition) is 0. The number of carbonyl (C=O) groups excluding carboxylic acids is 1. The largest absolute Gasteiger partial charge is 0.446 e. The quantitative estimate of drug-likeness (QED) is 0.228. The molecule has 0 aromatic heterocycles. The van der Waals surface area contributed by atoms with Gasteiger partial charge in [-0.05, 0) is 30.1 Å². The van der Waals surface area contributed by atoms with E-state index in [2.05, 4.69) is 9.99 Å². The molecule has 0 saturated heterocycles. The maximum Gasteiger partial charge on any atom is 0.446 e. The molecule has 0 fully saturated rings. The van der Waals surface area contributed by atoms with E-state index in [-0.39, 0.29) is 4.90 Å². The molecule has 0 bridgehead atoms. The number of nitrogens with zero attached hydrogens (tertiary/aromatic N) is 2. The Labute approximate surface area is 146 Å². The van der Waals surface area contributed by atoms with Crippen LogP contribution in [0.4, 0.5) is 26.7 Å². The summed E-state index contributed by atoms with van der Waals surface area (Å²) < 4.78 is 64.6. The predicted octanol–water partition coefficient (Wildman–Crippen LogP) is 5.45. The molecule has 0 aliphatic rings. The van der Waals surface area contributed by atoms with E-state index in [4.69, 9.17) is 0 Å². The van der Waals surface area contributed by atoms with Crippen molar-refractivity contribution < 1.29 is 31.6 Å². The molecule has 0 aliphatic heterocycles. The molecule has 1 rings (SSSR count). The molecule has 1 aromatic rings. The summed E-state index contributed by atoms with van der Waals surface area (Å²) in [5, 5.41) is 3.20. The number of benzene rings is 1. The molecule has 1 amide bonds. The Hall–Kier alpha value is -1.84. The van der Waals surface area contributed by atoms with Gasteiger partial charge in [-0.3, -0.25) is 4.84 Å². The van der Waals surface area contributed by atoms with Crippen molar-refractivity contribution in [1.29, 1.82) is 0 Å². The summed E-state index contributed by atoms with van der Waals surface area (Å²) >= 11 is 0.652. The van der Waals surface area contributed by atoms with Gasteiger partial charge in [-0.1, -0.05) is 32.0 Å². The monoisotopic (exact) mass is 384 g/mol. The SMILES string of the molecule is CN(Sc1cccc(C(F)(F)F)c1)C(=O)ON=C(C(F)F)C(C)(C)C. The smallest absolute Gasteiger partial charge is 0.297 e. The lowest BCUT2D eigenvalue weighted by atomic mass is 9.90. The van der Waals surface area contributed by atoms with Gasteiger partial charge in [0.1, 0.15) is 5.71 Å². The fourth-order valence-electron chi connectivity index (χ4n) is 1.57. The van der Waals surface area contributed by atoms with E-state index in [0.29, 0.717) is 11.9 Å². The molecule has 25 heavy (non-hydrogen) atoms. The summed E-state index contributed by atoms with van der Waals surface area (Å²) in [7, 11) is 1.22. The van der Waals surface area contributed by atoms with Gasteiger partial charge >= 0.3 is 12.3 Å². The van der Waals surface area contributed by atoms with E-state index in [1.807, 2.05) is 0 Å². The van der Waals surface area contributed by atoms with Crippen molar-refractivity contribution in [1.82, 2.24) is 4.31 Å². The molecule has 0 unspecified atom stereocenters. The van der Waals surface area contributed by atoms with Crippen molar-refractivity contribution >= 4 is 23.8 Å². The van der Waals surface area contributed by atoms with E-state index < -0.39 is 35.4 Å². The van der Waals surface area contributed by atoms with E-state index in [9.17, 15) is 26.7 Å². The maximum absolute atomic E-state index is 12.9. The van der Waals surface area contributed by atoms with Crippen molar-refractivity contribution in [3.8, 4) is 0 Å². The first kappa shape index (κ1) is 21.2. The van der Waals surface area contributed by atoms with Crippen LogP contribution in [0.15, 0.2) is 34.3 Å². The minimum atomic E-state index is -4.52. The zero-order chi connectivity index (χ0) is 19.4. The van der Waals surface area contributed by atoms with E-state index in [0.717, 1.165) is 16.4 Å². The summed E-state index contributed by atoms with van der Waals surface area (Å²) in [6, 6.07) is 4.31. The molecule has 140 valence electrons. The van der Waals surface area contributed by atoms with Crippen LogP contribution in [0.5, 0.6) is 0 Å². The number of hydrogen-bond acceptors (Lipinski definition) is 4. The topological polar surface area (TPSA) is 41.9 Å². The zero-order valence-electron chi connectivity index (χ0n) is 13.9. The van der Waals surface area contributed by atoms with Crippen molar-refractivity contribution in [2.45, 2.75) is 38.3 Å². The molecule has 4 nitrogen and oxygen atoms in total. The Bertz CT molecular complexity index is 642. The van der Waals surface area contributed by atoms with Gasteiger partial charge in [-0.2, -0.15) is 13.2 Å². The predicted molar refractivity (Wildman–Crippen MR) is 84.4 cm³/mol. The third kappa shape index (κ3) is 6.52. The Morgan fingerprint density at radius 1 is 1.24 bits per heavy atom. The molecule has 0 atom stereocenters. The number of halogens is 5. The highest BCUT2D eigenvalue weighted by atomic mass is 32.2. The normalized spacial score (nSPS) is 13.1. The molecule has 10 heteroatoms. The highest BCUT2D eigenvalue weighted by Gasteiger charge is 2.31. The minimum absolute atomic E-state index is 0.128. The molecule has 0 aliphatic carbocycles. The van der Waals surface area contributed by atoms with Crippen molar-refractivity contribution in [3.05, 3.63) is 29.8 Å². The Morgan fingerprint density at radius 3 is 2.32 bits per heavy atom. The van der Waals surface area contributed by atoms with Gasteiger partial charge in [-0.25, -0.2) is 17.9 Å². The maximum atomic E-state index is 12.9. The van der Waals surface area contributed by atoms with Crippen LogP contribution in [0.25, 0.3) is 0 Å². The van der Waals surface area contributed by atoms with Crippen LogP contribution in [-0.2, 0) is 11.0 Å². The molecular formula is C15H17F5N2O2S. The Kier molecular flexibility index (Phi) is 6.81. The second-order valence-corrected chi connectivity index (χ2v) is 7.20. The lowest BCUT2D eigenvalue weighted by molar-refractivity contribution is -0.137. The Balaban J connectivity index is 2.81. The van der Waals surface area contributed by atoms with Crippen LogP contribution < -0.4 is 0 Å². The van der Waals surface area contributed by atoms with Gasteiger partial charge in [0, 0.05) is 17.4 Å². The average Bonchev–Trinajstić information content (AvgIpc) is 2.44. The molecule has 0 N–H and O–H groups in total. The zero-order valence-corrected chi connectivity index (χ0v) is 14.7. The van der Waals surface area contributed by atoms with Gasteiger partial charge in [0.25, 0.3) is 6.43 Å². The van der Waals surface area contributed by atoms with Crippen LogP contribution in [0, 0.1) is 5.41 Å². The van der Waals surface area contributed by atoms with E-state index in [1.54, 1.807) is 0 Å². The van der Waals surface area contributed by atoms with Crippen molar-refractivity contribution in [2.75, 3.05) is 7.05 Å². The molecule has 0 heterocycles. The lowest BCUT2D eigenvalue weighted by Crippen LogP contribution is -2.29. The standard InChI is InChI=1S/C15H17F5N2O2S/c1-14(2,3)11(12(16)17)21-24-13(23)22(4)25-10-7-5-6-9(8-10)15(18,19)20/h5-8,12H,1-4H3. The molecule has 0 radical (unpaired) electrons. The molecule has 0 saturated carbocycles. The number of amides is 1. The number of rotatable bonds is 4. The van der Waals surface area contributed by atoms with Crippen LogP contribution in [0.1, 0.15) is 26.3 Å². The van der Waals surface area contributed by atoms with Gasteiger partial charge in [0.15, 0.2) is 0 Å². The molecular weight excluding hydrogens is 367 g/mol. The van der Waals surface area contributed by atoms with Crippen molar-refractivity contribution in [2.24, 2.45) is 10.6 Å². The third-order valence-corrected chi connectivity index (χ3v) is 3.75. The lowest BCUT2D eigenvalue weighted by Gasteiger charge is -2.20. The fraction of sp³-hybridized carbons (Fsp3) is 0.467. The average molecular weight is 384 g/mol. The summed E-state index contributed by atoms with van der Waals surface area (Å²) in [4.78, 5) is 16.4. The summed E-state index contributed by atoms with van der Waals surface area (Å²) in [6.07, 6.45) is -8.52. The molecule has 1 aromatic carbocycles. The second-order valence-electron chi connectivity index (χ2n) is 6.00. The van der Waals surface area contributed by atoms with E-state index >= 15 is 0 Å². The number of alkyl halides is 5. The number of oxime groups is 1.